The van der Waals surface area contributed by atoms with Gasteiger partial charge in [-0.1, -0.05) is 24.3 Å². The van der Waals surface area contributed by atoms with Crippen LogP contribution in [0.15, 0.2) is 24.3 Å². The van der Waals surface area contributed by atoms with Gasteiger partial charge in [-0.15, -0.1) is 4.48 Å². The summed E-state index contributed by atoms with van der Waals surface area (Å²) in [6.45, 7) is 0.272. The highest BCUT2D eigenvalue weighted by Crippen LogP contribution is 1.95. The van der Waals surface area contributed by atoms with Crippen LogP contribution in [-0.4, -0.2) is 0 Å². The largest absolute Gasteiger partial charge is 0.155 e. The average Bonchev–Trinajstić information content (AvgIpc) is 1.91. The molecule has 1 aromatic carbocycles. The Labute approximate surface area is 53.4 Å². The lowest BCUT2D eigenvalue weighted by molar-refractivity contribution is 0.330. The Kier molecular flexibility index (Phi) is 2.22. The molecule has 1 nitrogen and oxygen atoms in total. The van der Waals surface area contributed by atoms with Gasteiger partial charge in [-0.25, -0.2) is 0 Å². The van der Waals surface area contributed by atoms with Crippen LogP contribution in [0.4, 0.5) is 4.48 Å². The summed E-state index contributed by atoms with van der Waals surface area (Å²) in [5.74, 6) is 0. The quantitative estimate of drug-likeness (QED) is 0.588. The molecule has 0 saturated carbocycles. The second-order valence-corrected chi connectivity index (χ2v) is 1.72. The lowest BCUT2D eigenvalue weighted by atomic mass is 10.2. The predicted molar refractivity (Wildman–Crippen MR) is 33.2 cm³/mol. The summed E-state index contributed by atoms with van der Waals surface area (Å²) >= 11 is 0. The lowest BCUT2D eigenvalue weighted by Gasteiger charge is -1.92. The van der Waals surface area contributed by atoms with Crippen LogP contribution in [0.25, 0.3) is 0 Å². The van der Waals surface area contributed by atoms with Gasteiger partial charge in [0.05, 0.1) is 6.54 Å². The van der Waals surface area contributed by atoms with Crippen molar-refractivity contribution in [3.05, 3.63) is 35.9 Å². The minimum Gasteiger partial charge on any atom is -0.155 e. The first kappa shape index (κ1) is 6.23. The minimum absolute atomic E-state index is 0.272. The molecule has 0 amide bonds. The van der Waals surface area contributed by atoms with E-state index in [1.165, 1.54) is 0 Å². The second-order valence-electron chi connectivity index (χ2n) is 1.72. The van der Waals surface area contributed by atoms with Gasteiger partial charge in [-0.05, 0) is 11.6 Å². The van der Waals surface area contributed by atoms with E-state index >= 15 is 0 Å². The van der Waals surface area contributed by atoms with Crippen molar-refractivity contribution >= 4 is 0 Å². The molecule has 1 rings (SSSR count). The van der Waals surface area contributed by atoms with Gasteiger partial charge in [0.1, 0.15) is 0 Å². The zero-order valence-corrected chi connectivity index (χ0v) is 4.89. The van der Waals surface area contributed by atoms with E-state index in [1.807, 2.05) is 12.1 Å². The summed E-state index contributed by atoms with van der Waals surface area (Å²) in [4.78, 5) is 0. The monoisotopic (exact) mass is 124 g/mol. The van der Waals surface area contributed by atoms with Gasteiger partial charge >= 0.3 is 0 Å². The van der Waals surface area contributed by atoms with Gasteiger partial charge in [0, 0.05) is 0 Å². The summed E-state index contributed by atoms with van der Waals surface area (Å²) in [6.07, 6.45) is 0. The maximum Gasteiger partial charge on any atom is 0.0510 e. The zero-order chi connectivity index (χ0) is 6.53. The number of benzene rings is 1. The Morgan fingerprint density at radius 3 is 2.67 bits per heavy atom. The van der Waals surface area contributed by atoms with Gasteiger partial charge in [0.2, 0.25) is 0 Å². The third-order valence-electron chi connectivity index (χ3n) is 1.06. The van der Waals surface area contributed by atoms with Crippen molar-refractivity contribution < 1.29 is 4.48 Å². The molecule has 2 heteroatoms. The predicted octanol–water partition coefficient (Wildman–Crippen LogP) is 1.46. The Bertz CT molecular complexity index is 162. The van der Waals surface area contributed by atoms with Crippen molar-refractivity contribution in [1.82, 2.24) is 5.54 Å². The van der Waals surface area contributed by atoms with E-state index in [4.69, 9.17) is 0 Å². The molecule has 47 valence electrons. The highest BCUT2D eigenvalue weighted by atomic mass is 19.2. The number of hydrogen-bond donors (Lipinski definition) is 1. The molecule has 0 aliphatic heterocycles. The maximum atomic E-state index is 11.4. The molecular weight excluding hydrogens is 117 g/mol. The van der Waals surface area contributed by atoms with Crippen molar-refractivity contribution in [2.75, 3.05) is 0 Å². The zero-order valence-electron chi connectivity index (χ0n) is 4.89. The van der Waals surface area contributed by atoms with Gasteiger partial charge in [-0.3, -0.25) is 0 Å². The van der Waals surface area contributed by atoms with E-state index < -0.39 is 0 Å². The van der Waals surface area contributed by atoms with Gasteiger partial charge in [0.25, 0.3) is 0 Å². The Morgan fingerprint density at radius 2 is 2.11 bits per heavy atom. The highest BCUT2D eigenvalue weighted by molar-refractivity contribution is 5.12. The van der Waals surface area contributed by atoms with Crippen LogP contribution in [-0.2, 0) is 6.54 Å². The summed E-state index contributed by atoms with van der Waals surface area (Å²) < 4.78 is 11.4. The normalized spacial score (nSPS) is 9.44. The Hall–Kier alpha value is -0.890. The maximum absolute atomic E-state index is 11.4. The molecule has 0 fully saturated rings. The SMILES string of the molecule is FNCc1cc[c]cc1. The average molecular weight is 124 g/mol. The van der Waals surface area contributed by atoms with Crippen LogP contribution >= 0.6 is 0 Å². The van der Waals surface area contributed by atoms with E-state index in [2.05, 4.69) is 6.07 Å². The van der Waals surface area contributed by atoms with E-state index in [0.29, 0.717) is 0 Å². The van der Waals surface area contributed by atoms with Crippen molar-refractivity contribution in [2.45, 2.75) is 6.54 Å². The fraction of sp³-hybridized carbons (Fsp3) is 0.143. The molecule has 1 aromatic rings. The Balaban J connectivity index is 2.61. The van der Waals surface area contributed by atoms with Crippen molar-refractivity contribution in [2.24, 2.45) is 0 Å². The van der Waals surface area contributed by atoms with Crippen LogP contribution < -0.4 is 5.54 Å². The molecular formula is C7H7FN. The molecule has 0 spiro atoms. The summed E-state index contributed by atoms with van der Waals surface area (Å²) in [6, 6.07) is 9.98. The first-order chi connectivity index (χ1) is 4.43. The highest BCUT2D eigenvalue weighted by Gasteiger charge is 1.85. The van der Waals surface area contributed by atoms with Gasteiger partial charge < -0.3 is 0 Å². The smallest absolute Gasteiger partial charge is 0.0510 e. The third-order valence-corrected chi connectivity index (χ3v) is 1.06. The number of hydrogen-bond acceptors (Lipinski definition) is 1. The number of halogens is 1. The van der Waals surface area contributed by atoms with E-state index in [-0.39, 0.29) is 6.54 Å². The summed E-state index contributed by atoms with van der Waals surface area (Å²) in [7, 11) is 0. The standard InChI is InChI=1S/C7H7FN/c8-9-6-7-4-2-1-3-5-7/h2-5,9H,6H2. The summed E-state index contributed by atoms with van der Waals surface area (Å²) in [5.41, 5.74) is 2.50. The molecule has 0 aliphatic rings. The first-order valence-electron chi connectivity index (χ1n) is 2.72. The fourth-order valence-corrected chi connectivity index (χ4v) is 0.616. The molecule has 0 heterocycles. The minimum atomic E-state index is 0.272. The van der Waals surface area contributed by atoms with Crippen molar-refractivity contribution in [3.8, 4) is 0 Å². The third kappa shape index (κ3) is 1.82. The van der Waals surface area contributed by atoms with Crippen LogP contribution in [0.3, 0.4) is 0 Å². The topological polar surface area (TPSA) is 12.0 Å². The molecule has 1 N–H and O–H groups in total. The molecule has 0 aliphatic carbocycles. The molecule has 9 heavy (non-hydrogen) atoms. The van der Waals surface area contributed by atoms with E-state index in [1.54, 1.807) is 17.7 Å². The molecule has 0 bridgehead atoms. The van der Waals surface area contributed by atoms with Crippen molar-refractivity contribution in [1.29, 1.82) is 0 Å². The molecule has 1 radical (unpaired) electrons. The van der Waals surface area contributed by atoms with Gasteiger partial charge in [-0.2, -0.15) is 5.54 Å². The molecule has 0 aromatic heterocycles. The number of rotatable bonds is 2. The fourth-order valence-electron chi connectivity index (χ4n) is 0.616. The number of nitrogens with one attached hydrogen (secondary N) is 1. The Morgan fingerprint density at radius 1 is 1.44 bits per heavy atom. The van der Waals surface area contributed by atoms with Crippen LogP contribution in [0.2, 0.25) is 0 Å². The first-order valence-corrected chi connectivity index (χ1v) is 2.72. The van der Waals surface area contributed by atoms with E-state index in [0.717, 1.165) is 5.56 Å². The molecule has 0 saturated heterocycles. The summed E-state index contributed by atoms with van der Waals surface area (Å²) in [5, 5.41) is 0. The van der Waals surface area contributed by atoms with E-state index in [9.17, 15) is 4.48 Å². The molecule has 0 unspecified atom stereocenters. The van der Waals surface area contributed by atoms with Crippen LogP contribution in [0.1, 0.15) is 5.56 Å². The molecule has 0 atom stereocenters. The van der Waals surface area contributed by atoms with Crippen molar-refractivity contribution in [3.63, 3.8) is 0 Å². The van der Waals surface area contributed by atoms with Crippen LogP contribution in [0.5, 0.6) is 0 Å². The second kappa shape index (κ2) is 3.20. The van der Waals surface area contributed by atoms with Crippen LogP contribution in [0, 0.1) is 6.07 Å². The lowest BCUT2D eigenvalue weighted by Crippen LogP contribution is -1.98. The van der Waals surface area contributed by atoms with Gasteiger partial charge in [0.15, 0.2) is 0 Å².